The summed E-state index contributed by atoms with van der Waals surface area (Å²) in [5.74, 6) is -0.630. The maximum atomic E-state index is 14.1. The molecule has 0 spiro atoms. The average molecular weight is 370 g/mol. The molecular formula is C20H17ClFN3O. The van der Waals surface area contributed by atoms with Crippen LogP contribution in [0.4, 0.5) is 4.39 Å². The minimum Gasteiger partial charge on any atom is -0.315 e. The first kappa shape index (κ1) is 17.9. The van der Waals surface area contributed by atoms with Crippen molar-refractivity contribution in [1.82, 2.24) is 9.99 Å². The normalized spacial score (nSPS) is 11.1. The van der Waals surface area contributed by atoms with Crippen LogP contribution < -0.4 is 5.43 Å². The Labute approximate surface area is 155 Å². The number of para-hydroxylation sites is 1. The number of rotatable bonds is 4. The Bertz CT molecular complexity index is 977. The van der Waals surface area contributed by atoms with E-state index in [9.17, 15) is 9.18 Å². The van der Waals surface area contributed by atoms with Crippen LogP contribution in [0.25, 0.3) is 5.69 Å². The van der Waals surface area contributed by atoms with Crippen molar-refractivity contribution in [1.29, 1.82) is 0 Å². The van der Waals surface area contributed by atoms with Gasteiger partial charge in [0.15, 0.2) is 0 Å². The molecule has 0 bridgehead atoms. The van der Waals surface area contributed by atoms with E-state index < -0.39 is 0 Å². The number of amides is 1. The summed E-state index contributed by atoms with van der Waals surface area (Å²) < 4.78 is 15.9. The van der Waals surface area contributed by atoms with Crippen LogP contribution in [-0.4, -0.2) is 16.7 Å². The summed E-state index contributed by atoms with van der Waals surface area (Å²) in [5, 5.41) is 4.57. The SMILES string of the molecule is Cc1cc(/C=N\NC(=O)c2ccc(Cl)cc2)c(C)n1-c1ccccc1F. The molecule has 0 saturated carbocycles. The lowest BCUT2D eigenvalue weighted by Gasteiger charge is -2.10. The molecule has 26 heavy (non-hydrogen) atoms. The van der Waals surface area contributed by atoms with Crippen LogP contribution in [0.15, 0.2) is 59.7 Å². The second kappa shape index (κ2) is 7.54. The van der Waals surface area contributed by atoms with Gasteiger partial charge in [-0.1, -0.05) is 23.7 Å². The van der Waals surface area contributed by atoms with Gasteiger partial charge in [-0.15, -0.1) is 0 Å². The maximum absolute atomic E-state index is 14.1. The van der Waals surface area contributed by atoms with Gasteiger partial charge in [-0.05, 0) is 56.3 Å². The fraction of sp³-hybridized carbons (Fsp3) is 0.100. The van der Waals surface area contributed by atoms with Gasteiger partial charge in [0.1, 0.15) is 5.82 Å². The van der Waals surface area contributed by atoms with Crippen molar-refractivity contribution in [3.63, 3.8) is 0 Å². The van der Waals surface area contributed by atoms with Gasteiger partial charge < -0.3 is 4.57 Å². The average Bonchev–Trinajstić information content (AvgIpc) is 2.90. The minimum absolute atomic E-state index is 0.297. The summed E-state index contributed by atoms with van der Waals surface area (Å²) in [6, 6.07) is 15.0. The largest absolute Gasteiger partial charge is 0.315 e. The molecular weight excluding hydrogens is 353 g/mol. The van der Waals surface area contributed by atoms with Gasteiger partial charge in [-0.2, -0.15) is 5.10 Å². The Hall–Kier alpha value is -2.92. The van der Waals surface area contributed by atoms with Crippen molar-refractivity contribution >= 4 is 23.7 Å². The zero-order valence-electron chi connectivity index (χ0n) is 14.3. The van der Waals surface area contributed by atoms with E-state index in [1.165, 1.54) is 6.07 Å². The molecule has 0 atom stereocenters. The smallest absolute Gasteiger partial charge is 0.271 e. The fourth-order valence-corrected chi connectivity index (χ4v) is 2.87. The molecule has 132 valence electrons. The highest BCUT2D eigenvalue weighted by Gasteiger charge is 2.12. The van der Waals surface area contributed by atoms with Gasteiger partial charge in [0.05, 0.1) is 11.9 Å². The van der Waals surface area contributed by atoms with Crippen LogP contribution in [0.2, 0.25) is 5.02 Å². The van der Waals surface area contributed by atoms with E-state index in [-0.39, 0.29) is 11.7 Å². The molecule has 1 amide bonds. The summed E-state index contributed by atoms with van der Waals surface area (Å²) in [4.78, 5) is 12.0. The molecule has 6 heteroatoms. The summed E-state index contributed by atoms with van der Waals surface area (Å²) in [6.45, 7) is 3.77. The highest BCUT2D eigenvalue weighted by molar-refractivity contribution is 6.30. The first-order valence-corrected chi connectivity index (χ1v) is 8.38. The lowest BCUT2D eigenvalue weighted by Crippen LogP contribution is -2.17. The van der Waals surface area contributed by atoms with Gasteiger partial charge in [0.2, 0.25) is 0 Å². The van der Waals surface area contributed by atoms with Crippen molar-refractivity contribution in [3.8, 4) is 5.69 Å². The van der Waals surface area contributed by atoms with Crippen molar-refractivity contribution in [2.45, 2.75) is 13.8 Å². The third-order valence-corrected chi connectivity index (χ3v) is 4.29. The van der Waals surface area contributed by atoms with Crippen LogP contribution in [0, 0.1) is 19.7 Å². The van der Waals surface area contributed by atoms with Crippen LogP contribution in [0.3, 0.4) is 0 Å². The van der Waals surface area contributed by atoms with E-state index in [1.807, 2.05) is 24.5 Å². The van der Waals surface area contributed by atoms with Crippen molar-refractivity contribution in [2.24, 2.45) is 5.10 Å². The predicted molar refractivity (Wildman–Crippen MR) is 102 cm³/mol. The Kier molecular flexibility index (Phi) is 5.19. The van der Waals surface area contributed by atoms with Crippen LogP contribution >= 0.6 is 11.6 Å². The summed E-state index contributed by atoms with van der Waals surface area (Å²) >= 11 is 5.81. The number of aryl methyl sites for hydroxylation is 1. The van der Waals surface area contributed by atoms with Gasteiger partial charge in [0.25, 0.3) is 5.91 Å². The molecule has 2 aromatic carbocycles. The number of hydrogen-bond donors (Lipinski definition) is 1. The van der Waals surface area contributed by atoms with Crippen molar-refractivity contribution < 1.29 is 9.18 Å². The number of halogens is 2. The lowest BCUT2D eigenvalue weighted by molar-refractivity contribution is 0.0955. The number of carbonyl (C=O) groups excluding carboxylic acids is 1. The van der Waals surface area contributed by atoms with Crippen LogP contribution in [0.5, 0.6) is 0 Å². The van der Waals surface area contributed by atoms with Gasteiger partial charge >= 0.3 is 0 Å². The topological polar surface area (TPSA) is 46.4 Å². The molecule has 3 rings (SSSR count). The van der Waals surface area contributed by atoms with Gasteiger partial charge in [0, 0.05) is 27.5 Å². The fourth-order valence-electron chi connectivity index (χ4n) is 2.75. The second-order valence-electron chi connectivity index (χ2n) is 5.82. The highest BCUT2D eigenvalue weighted by atomic mass is 35.5. The highest BCUT2D eigenvalue weighted by Crippen LogP contribution is 2.21. The molecule has 0 saturated heterocycles. The third-order valence-electron chi connectivity index (χ3n) is 4.04. The van der Waals surface area contributed by atoms with Gasteiger partial charge in [-0.3, -0.25) is 4.79 Å². The molecule has 1 aromatic heterocycles. The van der Waals surface area contributed by atoms with E-state index >= 15 is 0 Å². The summed E-state index contributed by atoms with van der Waals surface area (Å²) in [5.41, 5.74) is 5.92. The van der Waals surface area contributed by atoms with Gasteiger partial charge in [-0.25, -0.2) is 9.82 Å². The Balaban J connectivity index is 1.80. The molecule has 0 unspecified atom stereocenters. The van der Waals surface area contributed by atoms with Crippen molar-refractivity contribution in [3.05, 3.63) is 88.0 Å². The minimum atomic E-state index is -0.333. The third kappa shape index (κ3) is 3.68. The number of carbonyl (C=O) groups is 1. The van der Waals surface area contributed by atoms with Crippen LogP contribution in [0.1, 0.15) is 27.3 Å². The molecule has 0 aliphatic carbocycles. The summed E-state index contributed by atoms with van der Waals surface area (Å²) in [6.07, 6.45) is 1.55. The van der Waals surface area contributed by atoms with E-state index in [4.69, 9.17) is 11.6 Å². The molecule has 0 radical (unpaired) electrons. The van der Waals surface area contributed by atoms with E-state index in [0.717, 1.165) is 17.0 Å². The quantitative estimate of drug-likeness (QED) is 0.528. The zero-order valence-corrected chi connectivity index (χ0v) is 15.1. The molecule has 0 aliphatic rings. The molecule has 0 aliphatic heterocycles. The number of nitrogens with zero attached hydrogens (tertiary/aromatic N) is 2. The van der Waals surface area contributed by atoms with E-state index in [0.29, 0.717) is 16.3 Å². The Morgan fingerprint density at radius 1 is 1.15 bits per heavy atom. The first-order chi connectivity index (χ1) is 12.5. The molecule has 0 fully saturated rings. The molecule has 1 N–H and O–H groups in total. The second-order valence-corrected chi connectivity index (χ2v) is 6.26. The number of aromatic nitrogens is 1. The van der Waals surface area contributed by atoms with Crippen LogP contribution in [-0.2, 0) is 0 Å². The number of benzene rings is 2. The monoisotopic (exact) mass is 369 g/mol. The first-order valence-electron chi connectivity index (χ1n) is 8.00. The predicted octanol–water partition coefficient (Wildman–Crippen LogP) is 4.65. The lowest BCUT2D eigenvalue weighted by atomic mass is 10.2. The Morgan fingerprint density at radius 3 is 2.54 bits per heavy atom. The number of hydrogen-bond acceptors (Lipinski definition) is 2. The van der Waals surface area contributed by atoms with E-state index in [1.54, 1.807) is 48.7 Å². The van der Waals surface area contributed by atoms with E-state index in [2.05, 4.69) is 10.5 Å². The number of hydrazone groups is 1. The molecule has 4 nitrogen and oxygen atoms in total. The zero-order chi connectivity index (χ0) is 18.7. The number of nitrogens with one attached hydrogen (secondary N) is 1. The molecule has 3 aromatic rings. The Morgan fingerprint density at radius 2 is 1.85 bits per heavy atom. The molecule has 1 heterocycles. The summed E-state index contributed by atoms with van der Waals surface area (Å²) in [7, 11) is 0. The standard InChI is InChI=1S/C20H17ClFN3O/c1-13-11-16(14(2)25(13)19-6-4-3-5-18(19)22)12-23-24-20(26)15-7-9-17(21)10-8-15/h3-12H,1-2H3,(H,24,26)/b23-12-. The maximum Gasteiger partial charge on any atom is 0.271 e. The van der Waals surface area contributed by atoms with Crippen molar-refractivity contribution in [2.75, 3.05) is 0 Å².